The highest BCUT2D eigenvalue weighted by Gasteiger charge is 2.14. The number of aromatic carboxylic acids is 1. The van der Waals surface area contributed by atoms with Crippen molar-refractivity contribution < 1.29 is 19.4 Å². The summed E-state index contributed by atoms with van der Waals surface area (Å²) in [5, 5.41) is 12.5. The molecule has 0 saturated heterocycles. The number of aliphatic imine (C=N–C) groups is 1. The van der Waals surface area contributed by atoms with Crippen LogP contribution in [0.5, 0.6) is 11.6 Å². The average Bonchev–Trinajstić information content (AvgIpc) is 2.80. The lowest BCUT2D eigenvalue weighted by molar-refractivity contribution is 0.0697. The summed E-state index contributed by atoms with van der Waals surface area (Å²) in [5.74, 6) is 0.490. The molecule has 0 unspecified atom stereocenters. The molecule has 0 aliphatic carbocycles. The zero-order chi connectivity index (χ0) is 23.1. The summed E-state index contributed by atoms with van der Waals surface area (Å²) < 4.78 is 10.6. The van der Waals surface area contributed by atoms with Crippen molar-refractivity contribution >= 4 is 29.4 Å². The van der Waals surface area contributed by atoms with Gasteiger partial charge in [0.2, 0.25) is 0 Å². The Hall–Kier alpha value is -3.94. The van der Waals surface area contributed by atoms with Crippen LogP contribution in [0.4, 0.5) is 17.2 Å². The number of aromatic nitrogens is 2. The van der Waals surface area contributed by atoms with Gasteiger partial charge in [-0.05, 0) is 43.7 Å². The molecular weight excluding hydrogens is 408 g/mol. The maximum atomic E-state index is 11.2. The molecule has 2 aromatic heterocycles. The van der Waals surface area contributed by atoms with E-state index in [4.69, 9.17) is 19.6 Å². The Kier molecular flexibility index (Phi) is 7.38. The highest BCUT2D eigenvalue weighted by molar-refractivity contribution is 5.88. The lowest BCUT2D eigenvalue weighted by Gasteiger charge is -2.14. The Bertz CT molecular complexity index is 1130. The summed E-state index contributed by atoms with van der Waals surface area (Å²) in [6.07, 6.45) is 3.72. The van der Waals surface area contributed by atoms with E-state index in [1.54, 1.807) is 43.5 Å². The number of carbonyl (C=O) groups is 1. The average molecular weight is 434 g/mol. The van der Waals surface area contributed by atoms with E-state index >= 15 is 0 Å². The third-order valence-electron chi connectivity index (χ3n) is 4.73. The van der Waals surface area contributed by atoms with E-state index in [-0.39, 0.29) is 5.56 Å². The van der Waals surface area contributed by atoms with E-state index in [0.717, 1.165) is 29.8 Å². The van der Waals surface area contributed by atoms with E-state index in [2.05, 4.69) is 22.2 Å². The van der Waals surface area contributed by atoms with Crippen LogP contribution in [0.15, 0.2) is 47.5 Å². The molecule has 0 fully saturated rings. The highest BCUT2D eigenvalue weighted by Crippen LogP contribution is 2.35. The van der Waals surface area contributed by atoms with Crippen molar-refractivity contribution in [2.24, 2.45) is 4.99 Å². The van der Waals surface area contributed by atoms with E-state index in [1.807, 2.05) is 19.2 Å². The number of aryl methyl sites for hydroxylation is 1. The number of ether oxygens (including phenoxy) is 2. The second-order valence-corrected chi connectivity index (χ2v) is 7.00. The molecule has 0 aliphatic heterocycles. The van der Waals surface area contributed by atoms with Crippen molar-refractivity contribution in [1.29, 1.82) is 0 Å². The molecule has 0 amide bonds. The van der Waals surface area contributed by atoms with Gasteiger partial charge in [-0.2, -0.15) is 4.98 Å². The molecule has 0 bridgehead atoms. The van der Waals surface area contributed by atoms with Gasteiger partial charge in [0.05, 0.1) is 36.9 Å². The molecule has 1 aromatic carbocycles. The van der Waals surface area contributed by atoms with Gasteiger partial charge in [0.15, 0.2) is 5.75 Å². The Morgan fingerprint density at radius 1 is 1.12 bits per heavy atom. The molecule has 2 heterocycles. The number of methoxy groups -OCH3 is 2. The van der Waals surface area contributed by atoms with Gasteiger partial charge in [0, 0.05) is 11.8 Å². The molecule has 32 heavy (non-hydrogen) atoms. The van der Waals surface area contributed by atoms with Crippen LogP contribution in [0, 0.1) is 6.92 Å². The fraction of sp³-hybridized carbons (Fsp3) is 0.250. The number of carboxylic acids is 1. The number of nitrogens with zero attached hydrogens (tertiary/aromatic N) is 3. The van der Waals surface area contributed by atoms with Crippen LogP contribution in [0.2, 0.25) is 0 Å². The predicted octanol–water partition coefficient (Wildman–Crippen LogP) is 5.41. The number of unbranched alkanes of at least 4 members (excludes halogenated alkanes) is 1. The monoisotopic (exact) mass is 434 g/mol. The SMILES string of the molecule is CCCC=Nc1c(Nc2ccc(OC)c(OC)n2)cc(-c2ccc(C(=O)O)cc2)nc1C. The van der Waals surface area contributed by atoms with Crippen LogP contribution in [0.1, 0.15) is 35.8 Å². The maximum Gasteiger partial charge on any atom is 0.335 e. The second kappa shape index (κ2) is 10.4. The normalized spacial score (nSPS) is 10.9. The number of anilines is 2. The van der Waals surface area contributed by atoms with Gasteiger partial charge in [-0.25, -0.2) is 4.79 Å². The summed E-state index contributed by atoms with van der Waals surface area (Å²) in [6.45, 7) is 3.98. The number of benzene rings is 1. The summed E-state index contributed by atoms with van der Waals surface area (Å²) >= 11 is 0. The first-order chi connectivity index (χ1) is 15.5. The molecule has 0 atom stereocenters. The zero-order valence-corrected chi connectivity index (χ0v) is 18.5. The summed E-state index contributed by atoms with van der Waals surface area (Å²) in [6, 6.07) is 12.0. The first-order valence-electron chi connectivity index (χ1n) is 10.2. The number of carboxylic acid groups (broad SMARTS) is 1. The number of hydrogen-bond donors (Lipinski definition) is 2. The molecular formula is C24H26N4O4. The van der Waals surface area contributed by atoms with Gasteiger partial charge in [-0.15, -0.1) is 0 Å². The predicted molar refractivity (Wildman–Crippen MR) is 125 cm³/mol. The van der Waals surface area contributed by atoms with Gasteiger partial charge in [0.1, 0.15) is 11.5 Å². The van der Waals surface area contributed by atoms with E-state index in [1.165, 1.54) is 7.11 Å². The number of rotatable bonds is 9. The first-order valence-corrected chi connectivity index (χ1v) is 10.2. The topological polar surface area (TPSA) is 106 Å². The van der Waals surface area contributed by atoms with Crippen molar-refractivity contribution in [3.63, 3.8) is 0 Å². The second-order valence-electron chi connectivity index (χ2n) is 7.00. The summed E-state index contributed by atoms with van der Waals surface area (Å²) in [5.41, 5.74) is 3.88. The third-order valence-corrected chi connectivity index (χ3v) is 4.73. The molecule has 8 nitrogen and oxygen atoms in total. The van der Waals surface area contributed by atoms with Crippen molar-refractivity contribution in [1.82, 2.24) is 9.97 Å². The van der Waals surface area contributed by atoms with Crippen LogP contribution in [0.25, 0.3) is 11.3 Å². The lowest BCUT2D eigenvalue weighted by atomic mass is 10.1. The standard InChI is InChI=1S/C24H26N4O4/c1-5-6-13-25-22-15(2)26-18(16-7-9-17(10-8-16)24(29)30)14-19(22)27-21-12-11-20(31-3)23(28-21)32-4/h7-14H,5-6H2,1-4H3,(H,29,30)(H,26,27,28). The Balaban J connectivity index is 2.05. The van der Waals surface area contributed by atoms with Crippen LogP contribution in [0.3, 0.4) is 0 Å². The van der Waals surface area contributed by atoms with Gasteiger partial charge in [-0.1, -0.05) is 25.5 Å². The summed E-state index contributed by atoms with van der Waals surface area (Å²) in [7, 11) is 3.09. The van der Waals surface area contributed by atoms with Crippen molar-refractivity contribution in [3.8, 4) is 22.9 Å². The Morgan fingerprint density at radius 3 is 2.50 bits per heavy atom. The smallest absolute Gasteiger partial charge is 0.335 e. The minimum absolute atomic E-state index is 0.221. The molecule has 0 radical (unpaired) electrons. The molecule has 0 saturated carbocycles. The fourth-order valence-electron chi connectivity index (χ4n) is 3.08. The zero-order valence-electron chi connectivity index (χ0n) is 18.5. The van der Waals surface area contributed by atoms with Crippen LogP contribution in [-0.2, 0) is 0 Å². The minimum atomic E-state index is -0.969. The number of nitrogens with one attached hydrogen (secondary N) is 1. The van der Waals surface area contributed by atoms with E-state index in [9.17, 15) is 4.79 Å². The van der Waals surface area contributed by atoms with Crippen molar-refractivity contribution in [2.45, 2.75) is 26.7 Å². The molecule has 0 spiro atoms. The molecule has 0 aliphatic rings. The third kappa shape index (κ3) is 5.21. The molecule has 166 valence electrons. The molecule has 3 rings (SSSR count). The minimum Gasteiger partial charge on any atom is -0.491 e. The quantitative estimate of drug-likeness (QED) is 0.434. The lowest BCUT2D eigenvalue weighted by Crippen LogP contribution is -2.01. The van der Waals surface area contributed by atoms with Crippen LogP contribution >= 0.6 is 0 Å². The number of hydrogen-bond acceptors (Lipinski definition) is 7. The first kappa shape index (κ1) is 22.7. The largest absolute Gasteiger partial charge is 0.491 e. The van der Waals surface area contributed by atoms with Gasteiger partial charge in [-0.3, -0.25) is 9.98 Å². The molecule has 8 heteroatoms. The Morgan fingerprint density at radius 2 is 1.88 bits per heavy atom. The van der Waals surface area contributed by atoms with Crippen LogP contribution in [-0.4, -0.2) is 41.5 Å². The maximum absolute atomic E-state index is 11.2. The van der Waals surface area contributed by atoms with Gasteiger partial charge in [0.25, 0.3) is 5.88 Å². The molecule has 2 N–H and O–H groups in total. The van der Waals surface area contributed by atoms with E-state index in [0.29, 0.717) is 28.8 Å². The van der Waals surface area contributed by atoms with Crippen LogP contribution < -0.4 is 14.8 Å². The van der Waals surface area contributed by atoms with Gasteiger partial charge < -0.3 is 19.9 Å². The van der Waals surface area contributed by atoms with Gasteiger partial charge >= 0.3 is 5.97 Å². The van der Waals surface area contributed by atoms with Crippen molar-refractivity contribution in [3.05, 3.63) is 53.7 Å². The fourth-order valence-corrected chi connectivity index (χ4v) is 3.08. The number of pyridine rings is 2. The summed E-state index contributed by atoms with van der Waals surface area (Å²) in [4.78, 5) is 24.9. The van der Waals surface area contributed by atoms with Crippen molar-refractivity contribution in [2.75, 3.05) is 19.5 Å². The van der Waals surface area contributed by atoms with E-state index < -0.39 is 5.97 Å². The highest BCUT2D eigenvalue weighted by atomic mass is 16.5. The molecule has 3 aromatic rings. The Labute approximate surface area is 187 Å².